The van der Waals surface area contributed by atoms with Gasteiger partial charge >= 0.3 is 27.8 Å². The SMILES string of the molecule is [Ni].[S]=[Mo].[U]. The first-order valence-corrected chi connectivity index (χ1v) is 2.96. The predicted octanol–water partition coefficient (Wildman–Crippen LogP) is 0.643. The van der Waals surface area contributed by atoms with E-state index < -0.39 is 0 Å². The summed E-state index contributed by atoms with van der Waals surface area (Å²) in [6, 6.07) is 0. The summed E-state index contributed by atoms with van der Waals surface area (Å²) in [5.74, 6) is 0. The van der Waals surface area contributed by atoms with Gasteiger partial charge in [-0.25, -0.2) is 0 Å². The average Bonchev–Trinajstić information content (AvgIpc) is 1.00. The summed E-state index contributed by atoms with van der Waals surface area (Å²) in [6.07, 6.45) is 0. The molecule has 0 aliphatic heterocycles. The molecule has 0 rings (SSSR count). The first-order chi connectivity index (χ1) is 1.00. The molecule has 0 saturated heterocycles. The van der Waals surface area contributed by atoms with Crippen LogP contribution in [-0.2, 0) is 34.5 Å². The van der Waals surface area contributed by atoms with Crippen molar-refractivity contribution < 1.29 is 65.6 Å². The van der Waals surface area contributed by atoms with Crippen LogP contribution < -0.4 is 0 Å². The molecule has 0 N–H and O–H groups in total. The van der Waals surface area contributed by atoms with Crippen molar-refractivity contribution in [1.82, 2.24) is 0 Å². The molecule has 0 nitrogen and oxygen atoms in total. The first-order valence-electron chi connectivity index (χ1n) is 0.167. The van der Waals surface area contributed by atoms with Crippen molar-refractivity contribution >= 4 is 9.82 Å². The Morgan fingerprint density at radius 2 is 1.25 bits per heavy atom. The van der Waals surface area contributed by atoms with Gasteiger partial charge < -0.3 is 0 Å². The second kappa shape index (κ2) is 18.0. The van der Waals surface area contributed by atoms with Crippen molar-refractivity contribution in [2.45, 2.75) is 0 Å². The molecule has 4 heavy (non-hydrogen) atoms. The third kappa shape index (κ3) is 8.82. The summed E-state index contributed by atoms with van der Waals surface area (Å²) < 4.78 is 0. The van der Waals surface area contributed by atoms with Crippen LogP contribution in [0.3, 0.4) is 0 Å². The molecule has 0 fully saturated rings. The molecule has 26 valence electrons. The second-order valence-corrected chi connectivity index (χ2v) is 0. The quantitative estimate of drug-likeness (QED) is 0.515. The van der Waals surface area contributed by atoms with Gasteiger partial charge in [0.25, 0.3) is 0 Å². The van der Waals surface area contributed by atoms with E-state index in [1.165, 1.54) is 18.0 Å². The number of hydrogen-bond donors (Lipinski definition) is 0. The van der Waals surface area contributed by atoms with Gasteiger partial charge in [0.2, 0.25) is 0 Å². The predicted molar refractivity (Wildman–Crippen MR) is 7.59 cm³/mol. The molecule has 0 spiro atoms. The largest absolute Gasteiger partial charge is 0 e. The monoisotopic (exact) mass is 426 g/mol. The summed E-state index contributed by atoms with van der Waals surface area (Å²) in [7, 11) is 4.09. The van der Waals surface area contributed by atoms with Gasteiger partial charge in [0.15, 0.2) is 0 Å². The zero-order valence-corrected chi connectivity index (χ0v) is 9.61. The smallest absolute Gasteiger partial charge is 0 e. The molecule has 0 aromatic heterocycles. The molecule has 0 aliphatic rings. The molecule has 0 radical (unpaired) electrons. The van der Waals surface area contributed by atoms with E-state index in [4.69, 9.17) is 0 Å². The van der Waals surface area contributed by atoms with Crippen LogP contribution in [-0.4, -0.2) is 0 Å². The van der Waals surface area contributed by atoms with E-state index in [0.29, 0.717) is 0 Å². The minimum Gasteiger partial charge on any atom is 0 e. The van der Waals surface area contributed by atoms with Gasteiger partial charge in [-0.1, -0.05) is 0 Å². The third-order valence-electron chi connectivity index (χ3n) is 0. The molecule has 0 aliphatic carbocycles. The van der Waals surface area contributed by atoms with Crippen LogP contribution in [0.25, 0.3) is 0 Å². The maximum atomic E-state index is 4.09. The molecule has 0 unspecified atom stereocenters. The van der Waals surface area contributed by atoms with Crippen LogP contribution in [0, 0.1) is 31.1 Å². The zero-order chi connectivity index (χ0) is 2.00. The van der Waals surface area contributed by atoms with Crippen molar-refractivity contribution in [1.29, 1.82) is 0 Å². The van der Waals surface area contributed by atoms with E-state index in [9.17, 15) is 0 Å². The van der Waals surface area contributed by atoms with Crippen LogP contribution in [0.2, 0.25) is 0 Å². The van der Waals surface area contributed by atoms with E-state index >= 15 is 0 Å². The van der Waals surface area contributed by atoms with Crippen LogP contribution in [0.5, 0.6) is 0 Å². The molecule has 0 saturated carbocycles. The van der Waals surface area contributed by atoms with E-state index in [1.54, 1.807) is 0 Å². The Morgan fingerprint density at radius 3 is 1.25 bits per heavy atom. The normalized spacial score (nSPS) is 1.00. The maximum absolute atomic E-state index is 4.09. The summed E-state index contributed by atoms with van der Waals surface area (Å²) in [5, 5.41) is 0. The van der Waals surface area contributed by atoms with Gasteiger partial charge in [-0.05, 0) is 0 Å². The Morgan fingerprint density at radius 1 is 1.25 bits per heavy atom. The van der Waals surface area contributed by atoms with Crippen LogP contribution in [0.4, 0.5) is 0 Å². The van der Waals surface area contributed by atoms with Crippen molar-refractivity contribution in [2.75, 3.05) is 0 Å². The maximum Gasteiger partial charge on any atom is 0 e. The van der Waals surface area contributed by atoms with E-state index in [-0.39, 0.29) is 47.6 Å². The topological polar surface area (TPSA) is 0 Å². The number of rotatable bonds is 0. The average molecular weight is 425 g/mol. The molecular weight excluding hydrogens is 425 g/mol. The van der Waals surface area contributed by atoms with E-state index in [2.05, 4.69) is 9.82 Å². The minimum atomic E-state index is 0. The molecule has 0 heterocycles. The third-order valence-corrected chi connectivity index (χ3v) is 0. The van der Waals surface area contributed by atoms with Crippen LogP contribution in [0.15, 0.2) is 0 Å². The minimum absolute atomic E-state index is 0. The van der Waals surface area contributed by atoms with Gasteiger partial charge in [-0.3, -0.25) is 0 Å². The Kier molecular flexibility index (Phi) is 72.3. The molecule has 0 aromatic rings. The summed E-state index contributed by atoms with van der Waals surface area (Å²) in [4.78, 5) is 0. The van der Waals surface area contributed by atoms with Crippen LogP contribution >= 0.6 is 9.82 Å². The molecule has 4 heteroatoms. The van der Waals surface area contributed by atoms with Crippen molar-refractivity contribution in [2.24, 2.45) is 0 Å². The molecular formula is MoNiSU. The van der Waals surface area contributed by atoms with Gasteiger partial charge in [0.05, 0.1) is 0 Å². The van der Waals surface area contributed by atoms with Gasteiger partial charge in [0.1, 0.15) is 0 Å². The second-order valence-electron chi connectivity index (χ2n) is 0. The molecule has 0 amide bonds. The van der Waals surface area contributed by atoms with Crippen molar-refractivity contribution in [3.8, 4) is 0 Å². The first kappa shape index (κ1) is 16.1. The fourth-order valence-corrected chi connectivity index (χ4v) is 0. The van der Waals surface area contributed by atoms with Gasteiger partial charge in [-0.15, -0.1) is 0 Å². The Hall–Kier alpha value is 2.45. The fraction of sp³-hybridized carbons (Fsp3) is 0. The molecule has 0 atom stereocenters. The summed E-state index contributed by atoms with van der Waals surface area (Å²) in [6.45, 7) is 0. The Bertz CT molecular complexity index is 8.00. The Labute approximate surface area is 74.1 Å². The molecule has 0 aromatic carbocycles. The summed E-state index contributed by atoms with van der Waals surface area (Å²) in [5.41, 5.74) is 0. The zero-order valence-electron chi connectivity index (χ0n) is 1.63. The van der Waals surface area contributed by atoms with Crippen molar-refractivity contribution in [3.05, 3.63) is 0 Å². The number of hydrogen-bond acceptors (Lipinski definition) is 1. The Balaban J connectivity index is -0.00000000500. The van der Waals surface area contributed by atoms with Gasteiger partial charge in [-0.2, -0.15) is 0 Å². The molecule has 0 bridgehead atoms. The van der Waals surface area contributed by atoms with E-state index in [1.807, 2.05) is 0 Å². The summed E-state index contributed by atoms with van der Waals surface area (Å²) >= 11 is 1.53. The van der Waals surface area contributed by atoms with Gasteiger partial charge in [0, 0.05) is 47.6 Å². The standard InChI is InChI=1S/Mo.Ni.S.U. The van der Waals surface area contributed by atoms with Crippen LogP contribution in [0.1, 0.15) is 0 Å². The fourth-order valence-electron chi connectivity index (χ4n) is 0. The van der Waals surface area contributed by atoms with E-state index in [0.717, 1.165) is 0 Å². The van der Waals surface area contributed by atoms with Crippen molar-refractivity contribution in [3.63, 3.8) is 0 Å².